The van der Waals surface area contributed by atoms with E-state index in [1.54, 1.807) is 12.4 Å². The Hall–Kier alpha value is -1.16. The molecule has 1 aliphatic heterocycles. The van der Waals surface area contributed by atoms with Crippen molar-refractivity contribution in [3.8, 4) is 0 Å². The van der Waals surface area contributed by atoms with Crippen LogP contribution in [0.4, 0.5) is 5.82 Å². The van der Waals surface area contributed by atoms with Crippen molar-refractivity contribution in [3.63, 3.8) is 0 Å². The lowest BCUT2D eigenvalue weighted by atomic mass is 10.1. The van der Waals surface area contributed by atoms with Gasteiger partial charge in [-0.1, -0.05) is 0 Å². The van der Waals surface area contributed by atoms with Crippen LogP contribution >= 0.6 is 0 Å². The van der Waals surface area contributed by atoms with Gasteiger partial charge in [-0.3, -0.25) is 4.98 Å². The molecule has 0 aromatic carbocycles. The Labute approximate surface area is 83.7 Å². The molecule has 0 aliphatic carbocycles. The maximum Gasteiger partial charge on any atom is 0.147 e. The molecule has 2 heterocycles. The molecule has 14 heavy (non-hydrogen) atoms. The Bertz CT molecular complexity index is 297. The summed E-state index contributed by atoms with van der Waals surface area (Å²) < 4.78 is 5.38. The van der Waals surface area contributed by atoms with Gasteiger partial charge < -0.3 is 10.1 Å². The standard InChI is InChI=1S/C10H15N3O/c1-8-10(12-5-4-11-8)13-9-3-2-6-14-7-9/h4-5,9H,2-3,6-7H2,1H3,(H,12,13). The van der Waals surface area contributed by atoms with Crippen LogP contribution < -0.4 is 5.32 Å². The molecule has 1 unspecified atom stereocenters. The molecule has 1 N–H and O–H groups in total. The summed E-state index contributed by atoms with van der Waals surface area (Å²) in [6.45, 7) is 3.62. The third-order valence-corrected chi connectivity index (χ3v) is 2.38. The van der Waals surface area contributed by atoms with Crippen LogP contribution in [0.5, 0.6) is 0 Å². The molecule has 0 amide bonds. The fraction of sp³-hybridized carbons (Fsp3) is 0.600. The molecule has 0 saturated carbocycles. The molecular formula is C10H15N3O. The highest BCUT2D eigenvalue weighted by atomic mass is 16.5. The fourth-order valence-electron chi connectivity index (χ4n) is 1.60. The third-order valence-electron chi connectivity index (χ3n) is 2.38. The van der Waals surface area contributed by atoms with Crippen LogP contribution in [0.15, 0.2) is 12.4 Å². The van der Waals surface area contributed by atoms with Crippen LogP contribution in [-0.4, -0.2) is 29.2 Å². The second-order valence-electron chi connectivity index (χ2n) is 3.55. The van der Waals surface area contributed by atoms with Crippen molar-refractivity contribution < 1.29 is 4.74 Å². The molecular weight excluding hydrogens is 178 g/mol. The summed E-state index contributed by atoms with van der Waals surface area (Å²) in [4.78, 5) is 8.42. The number of anilines is 1. The molecule has 4 heteroatoms. The highest BCUT2D eigenvalue weighted by Gasteiger charge is 2.14. The summed E-state index contributed by atoms with van der Waals surface area (Å²) in [6, 6.07) is 0.388. The Morgan fingerprint density at radius 1 is 1.43 bits per heavy atom. The predicted octanol–water partition coefficient (Wildman–Crippen LogP) is 1.38. The average molecular weight is 193 g/mol. The lowest BCUT2D eigenvalue weighted by molar-refractivity contribution is 0.0875. The Morgan fingerprint density at radius 3 is 3.00 bits per heavy atom. The van der Waals surface area contributed by atoms with Crippen molar-refractivity contribution in [1.29, 1.82) is 0 Å². The first kappa shape index (κ1) is 9.40. The monoisotopic (exact) mass is 193 g/mol. The van der Waals surface area contributed by atoms with E-state index in [0.29, 0.717) is 6.04 Å². The van der Waals surface area contributed by atoms with Gasteiger partial charge in [0.1, 0.15) is 5.82 Å². The van der Waals surface area contributed by atoms with Crippen LogP contribution in [0.2, 0.25) is 0 Å². The van der Waals surface area contributed by atoms with Crippen molar-refractivity contribution in [1.82, 2.24) is 9.97 Å². The van der Waals surface area contributed by atoms with Crippen molar-refractivity contribution in [2.75, 3.05) is 18.5 Å². The second kappa shape index (κ2) is 4.37. The molecule has 2 rings (SSSR count). The molecule has 0 spiro atoms. The number of hydrogen-bond donors (Lipinski definition) is 1. The number of nitrogens with zero attached hydrogens (tertiary/aromatic N) is 2. The molecule has 1 saturated heterocycles. The molecule has 1 aromatic rings. The van der Waals surface area contributed by atoms with E-state index in [4.69, 9.17) is 4.74 Å². The van der Waals surface area contributed by atoms with Gasteiger partial charge in [-0.15, -0.1) is 0 Å². The number of aromatic nitrogens is 2. The Morgan fingerprint density at radius 2 is 2.29 bits per heavy atom. The predicted molar refractivity (Wildman–Crippen MR) is 54.2 cm³/mol. The van der Waals surface area contributed by atoms with Crippen LogP contribution in [0, 0.1) is 6.92 Å². The van der Waals surface area contributed by atoms with Gasteiger partial charge in [-0.2, -0.15) is 0 Å². The molecule has 0 bridgehead atoms. The van der Waals surface area contributed by atoms with Crippen LogP contribution in [0.3, 0.4) is 0 Å². The average Bonchev–Trinajstić information content (AvgIpc) is 2.23. The molecule has 4 nitrogen and oxygen atoms in total. The van der Waals surface area contributed by atoms with Crippen LogP contribution in [-0.2, 0) is 4.74 Å². The zero-order chi connectivity index (χ0) is 9.80. The smallest absolute Gasteiger partial charge is 0.147 e. The minimum absolute atomic E-state index is 0.388. The number of aryl methyl sites for hydroxylation is 1. The molecule has 1 aliphatic rings. The van der Waals surface area contributed by atoms with Crippen molar-refractivity contribution >= 4 is 5.82 Å². The highest BCUT2D eigenvalue weighted by Crippen LogP contribution is 2.13. The summed E-state index contributed by atoms with van der Waals surface area (Å²) in [5.41, 5.74) is 0.943. The van der Waals surface area contributed by atoms with E-state index < -0.39 is 0 Å². The van der Waals surface area contributed by atoms with E-state index in [0.717, 1.165) is 37.6 Å². The van der Waals surface area contributed by atoms with Gasteiger partial charge in [0.2, 0.25) is 0 Å². The maximum absolute atomic E-state index is 5.38. The van der Waals surface area contributed by atoms with Gasteiger partial charge in [-0.25, -0.2) is 4.98 Å². The van der Waals surface area contributed by atoms with E-state index in [2.05, 4.69) is 15.3 Å². The minimum Gasteiger partial charge on any atom is -0.379 e. The summed E-state index contributed by atoms with van der Waals surface area (Å²) in [5, 5.41) is 3.35. The summed E-state index contributed by atoms with van der Waals surface area (Å²) in [7, 11) is 0. The van der Waals surface area contributed by atoms with E-state index >= 15 is 0 Å². The molecule has 1 atom stereocenters. The Kier molecular flexibility index (Phi) is 2.93. The van der Waals surface area contributed by atoms with Gasteiger partial charge >= 0.3 is 0 Å². The van der Waals surface area contributed by atoms with Crippen LogP contribution in [0.1, 0.15) is 18.5 Å². The van der Waals surface area contributed by atoms with E-state index in [-0.39, 0.29) is 0 Å². The van der Waals surface area contributed by atoms with Gasteiger partial charge in [0.15, 0.2) is 0 Å². The van der Waals surface area contributed by atoms with Gasteiger partial charge in [0, 0.05) is 19.0 Å². The second-order valence-corrected chi connectivity index (χ2v) is 3.55. The van der Waals surface area contributed by atoms with Crippen molar-refractivity contribution in [2.24, 2.45) is 0 Å². The van der Waals surface area contributed by atoms with E-state index in [1.165, 1.54) is 0 Å². The SMILES string of the molecule is Cc1nccnc1NC1CCCOC1. The number of rotatable bonds is 2. The normalized spacial score (nSPS) is 21.9. The van der Waals surface area contributed by atoms with Gasteiger partial charge in [0.25, 0.3) is 0 Å². The number of nitrogens with one attached hydrogen (secondary N) is 1. The lowest BCUT2D eigenvalue weighted by Crippen LogP contribution is -2.30. The number of ether oxygens (including phenoxy) is 1. The largest absolute Gasteiger partial charge is 0.379 e. The zero-order valence-electron chi connectivity index (χ0n) is 8.36. The zero-order valence-corrected chi connectivity index (χ0v) is 8.36. The summed E-state index contributed by atoms with van der Waals surface area (Å²) >= 11 is 0. The fourth-order valence-corrected chi connectivity index (χ4v) is 1.60. The molecule has 1 fully saturated rings. The van der Waals surface area contributed by atoms with Crippen LogP contribution in [0.25, 0.3) is 0 Å². The van der Waals surface area contributed by atoms with Gasteiger partial charge in [0.05, 0.1) is 18.3 Å². The highest BCUT2D eigenvalue weighted by molar-refractivity contribution is 5.39. The summed E-state index contributed by atoms with van der Waals surface area (Å²) in [6.07, 6.45) is 5.68. The third kappa shape index (κ3) is 2.20. The van der Waals surface area contributed by atoms with Crippen molar-refractivity contribution in [2.45, 2.75) is 25.8 Å². The molecule has 76 valence electrons. The molecule has 0 radical (unpaired) electrons. The first-order valence-corrected chi connectivity index (χ1v) is 4.98. The first-order chi connectivity index (χ1) is 6.86. The Balaban J connectivity index is 1.99. The lowest BCUT2D eigenvalue weighted by Gasteiger charge is -2.23. The van der Waals surface area contributed by atoms with Gasteiger partial charge in [-0.05, 0) is 19.8 Å². The topological polar surface area (TPSA) is 47.0 Å². The molecule has 1 aromatic heterocycles. The quantitative estimate of drug-likeness (QED) is 0.770. The first-order valence-electron chi connectivity index (χ1n) is 4.98. The summed E-state index contributed by atoms with van der Waals surface area (Å²) in [5.74, 6) is 0.878. The minimum atomic E-state index is 0.388. The van der Waals surface area contributed by atoms with E-state index in [9.17, 15) is 0 Å². The maximum atomic E-state index is 5.38. The van der Waals surface area contributed by atoms with Crippen molar-refractivity contribution in [3.05, 3.63) is 18.1 Å². The van der Waals surface area contributed by atoms with E-state index in [1.807, 2.05) is 6.92 Å². The number of hydrogen-bond acceptors (Lipinski definition) is 4.